The van der Waals surface area contributed by atoms with Crippen LogP contribution in [0.3, 0.4) is 0 Å². The van der Waals surface area contributed by atoms with E-state index in [0.717, 1.165) is 46.7 Å². The van der Waals surface area contributed by atoms with Crippen LogP contribution in [0.15, 0.2) is 217 Å². The highest BCUT2D eigenvalue weighted by molar-refractivity contribution is 5.96. The number of fused-ring (bicyclic) bond motifs is 5. The van der Waals surface area contributed by atoms with Crippen LogP contribution in [0.25, 0.3) is 61.6 Å². The van der Waals surface area contributed by atoms with E-state index in [1.54, 1.807) is 0 Å². The fourth-order valence-electron chi connectivity index (χ4n) is 10.4. The Balaban J connectivity index is 1.01. The van der Waals surface area contributed by atoms with E-state index >= 15 is 0 Å². The van der Waals surface area contributed by atoms with Crippen molar-refractivity contribution in [3.05, 3.63) is 234 Å². The lowest BCUT2D eigenvalue weighted by Crippen LogP contribution is -2.29. The SMILES string of the molecule is C/C=C\C=C/C1=CC(C)(C)C2C=C(N(C3=CC=C(c4ccccc4)CC3)c3ccc4c(c3)Cc3cccc(-c5nc(-c6ccccc6)nc(-c6cccc7ccccc67)n5)c3-4)C=CC12. The molecule has 4 nitrogen and oxygen atoms in total. The van der Waals surface area contributed by atoms with E-state index in [9.17, 15) is 0 Å². The second kappa shape index (κ2) is 16.4. The van der Waals surface area contributed by atoms with E-state index < -0.39 is 0 Å². The standard InChI is InChI=1S/C60H50N4/c1-4-5-8-22-45-39-60(2,3)55-38-49(32-34-51(45)55)64(47-30-28-41(29-31-47)40-17-9-6-10-18-40)48-33-35-52-46(37-48)36-44-24-16-27-54(56(44)52)59-62-57(43-20-11-7-12-21-43)61-58(63-59)53-26-15-23-42-19-13-14-25-50(42)53/h4-28,30,32-35,37-39,51,55H,29,31,36H2,1-3H3/b5-4-,22-8-. The number of hydrogen-bond donors (Lipinski definition) is 0. The Labute approximate surface area is 376 Å². The molecule has 7 aromatic rings. The van der Waals surface area contributed by atoms with Gasteiger partial charge in [0.25, 0.3) is 0 Å². The maximum atomic E-state index is 5.29. The van der Waals surface area contributed by atoms with Crippen molar-refractivity contribution in [2.45, 2.75) is 40.0 Å². The Bertz CT molecular complexity index is 3170. The molecule has 11 rings (SSSR count). The molecule has 1 aromatic heterocycles. The first-order valence-electron chi connectivity index (χ1n) is 22.6. The smallest absolute Gasteiger partial charge is 0.164 e. The number of allylic oxidation sites excluding steroid dienone is 13. The van der Waals surface area contributed by atoms with Gasteiger partial charge in [-0.05, 0) is 112 Å². The topological polar surface area (TPSA) is 41.9 Å². The summed E-state index contributed by atoms with van der Waals surface area (Å²) in [6.45, 7) is 6.84. The Morgan fingerprint density at radius 1 is 0.641 bits per heavy atom. The summed E-state index contributed by atoms with van der Waals surface area (Å²) < 4.78 is 0. The molecule has 0 radical (unpaired) electrons. The van der Waals surface area contributed by atoms with Gasteiger partial charge in [0.2, 0.25) is 0 Å². The summed E-state index contributed by atoms with van der Waals surface area (Å²) in [5.74, 6) is 2.71. The van der Waals surface area contributed by atoms with Gasteiger partial charge in [0.05, 0.1) is 0 Å². The molecule has 0 fully saturated rings. The molecule has 6 aromatic carbocycles. The molecule has 1 heterocycles. The van der Waals surface area contributed by atoms with Crippen LogP contribution in [0.4, 0.5) is 5.69 Å². The van der Waals surface area contributed by atoms with E-state index in [2.05, 4.69) is 208 Å². The van der Waals surface area contributed by atoms with Crippen molar-refractivity contribution in [1.29, 1.82) is 0 Å². The summed E-state index contributed by atoms with van der Waals surface area (Å²) >= 11 is 0. The molecule has 64 heavy (non-hydrogen) atoms. The fourth-order valence-corrected chi connectivity index (χ4v) is 10.4. The zero-order valence-corrected chi connectivity index (χ0v) is 36.6. The lowest BCUT2D eigenvalue weighted by molar-refractivity contribution is 0.329. The van der Waals surface area contributed by atoms with Crippen molar-refractivity contribution in [3.8, 4) is 45.3 Å². The van der Waals surface area contributed by atoms with Gasteiger partial charge in [0, 0.05) is 39.7 Å². The van der Waals surface area contributed by atoms with Crippen molar-refractivity contribution in [3.63, 3.8) is 0 Å². The fraction of sp³-hybridized carbons (Fsp3) is 0.150. The van der Waals surface area contributed by atoms with Gasteiger partial charge in [-0.3, -0.25) is 0 Å². The number of anilines is 1. The van der Waals surface area contributed by atoms with Crippen molar-refractivity contribution < 1.29 is 0 Å². The predicted molar refractivity (Wildman–Crippen MR) is 266 cm³/mol. The van der Waals surface area contributed by atoms with E-state index in [1.807, 2.05) is 18.2 Å². The molecular formula is C60H50N4. The van der Waals surface area contributed by atoms with Crippen molar-refractivity contribution in [2.24, 2.45) is 17.3 Å². The molecule has 0 saturated carbocycles. The van der Waals surface area contributed by atoms with Crippen molar-refractivity contribution >= 4 is 22.0 Å². The average Bonchev–Trinajstić information content (AvgIpc) is 3.85. The van der Waals surface area contributed by atoms with Crippen LogP contribution < -0.4 is 4.90 Å². The number of hydrogen-bond acceptors (Lipinski definition) is 4. The van der Waals surface area contributed by atoms with Gasteiger partial charge >= 0.3 is 0 Å². The van der Waals surface area contributed by atoms with Crippen LogP contribution in [-0.2, 0) is 6.42 Å². The van der Waals surface area contributed by atoms with Gasteiger partial charge in [-0.25, -0.2) is 15.0 Å². The number of rotatable bonds is 9. The van der Waals surface area contributed by atoms with Crippen molar-refractivity contribution in [1.82, 2.24) is 15.0 Å². The van der Waals surface area contributed by atoms with E-state index in [-0.39, 0.29) is 5.41 Å². The van der Waals surface area contributed by atoms with Gasteiger partial charge in [0.1, 0.15) is 0 Å². The monoisotopic (exact) mass is 826 g/mol. The molecule has 0 amide bonds. The lowest BCUT2D eigenvalue weighted by Gasteiger charge is -2.36. The third-order valence-electron chi connectivity index (χ3n) is 13.5. The first-order valence-corrected chi connectivity index (χ1v) is 22.6. The summed E-state index contributed by atoms with van der Waals surface area (Å²) in [5.41, 5.74) is 15.8. The van der Waals surface area contributed by atoms with Crippen LogP contribution in [-0.4, -0.2) is 15.0 Å². The summed E-state index contributed by atoms with van der Waals surface area (Å²) in [7, 11) is 0. The molecule has 310 valence electrons. The maximum absolute atomic E-state index is 5.29. The Morgan fingerprint density at radius 2 is 1.36 bits per heavy atom. The molecule has 0 N–H and O–H groups in total. The predicted octanol–water partition coefficient (Wildman–Crippen LogP) is 14.9. The normalized spacial score (nSPS) is 18.4. The zero-order chi connectivity index (χ0) is 43.2. The highest BCUT2D eigenvalue weighted by atomic mass is 15.2. The maximum Gasteiger partial charge on any atom is 0.164 e. The number of aromatic nitrogens is 3. The van der Waals surface area contributed by atoms with Crippen LogP contribution in [0, 0.1) is 17.3 Å². The average molecular weight is 827 g/mol. The van der Waals surface area contributed by atoms with Crippen LogP contribution >= 0.6 is 0 Å². The molecule has 0 spiro atoms. The Hall–Kier alpha value is -7.43. The summed E-state index contributed by atoms with van der Waals surface area (Å²) in [6.07, 6.45) is 26.0. The van der Waals surface area contributed by atoms with Crippen molar-refractivity contribution in [2.75, 3.05) is 4.90 Å². The largest absolute Gasteiger partial charge is 0.315 e. The van der Waals surface area contributed by atoms with Gasteiger partial charge in [-0.15, -0.1) is 0 Å². The van der Waals surface area contributed by atoms with E-state index in [4.69, 9.17) is 15.0 Å². The molecule has 4 heteroatoms. The van der Waals surface area contributed by atoms with E-state index in [1.165, 1.54) is 56.0 Å². The van der Waals surface area contributed by atoms with Crippen LogP contribution in [0.2, 0.25) is 0 Å². The quantitative estimate of drug-likeness (QED) is 0.136. The molecule has 4 aliphatic rings. The first kappa shape index (κ1) is 39.4. The van der Waals surface area contributed by atoms with E-state index in [0.29, 0.717) is 29.3 Å². The molecule has 2 unspecified atom stereocenters. The second-order valence-electron chi connectivity index (χ2n) is 18.0. The molecular weight excluding hydrogens is 777 g/mol. The van der Waals surface area contributed by atoms with Gasteiger partial charge in [0.15, 0.2) is 17.5 Å². The third-order valence-corrected chi connectivity index (χ3v) is 13.5. The Morgan fingerprint density at radius 3 is 2.16 bits per heavy atom. The number of benzene rings is 6. The van der Waals surface area contributed by atoms with Gasteiger partial charge in [-0.1, -0.05) is 190 Å². The first-order chi connectivity index (χ1) is 31.4. The van der Waals surface area contributed by atoms with Crippen LogP contribution in [0.5, 0.6) is 0 Å². The highest BCUT2D eigenvalue weighted by Gasteiger charge is 2.41. The third kappa shape index (κ3) is 7.19. The van der Waals surface area contributed by atoms with Gasteiger partial charge in [-0.2, -0.15) is 0 Å². The molecule has 0 aliphatic heterocycles. The summed E-state index contributed by atoms with van der Waals surface area (Å²) in [5, 5.41) is 2.28. The molecule has 2 atom stereocenters. The number of nitrogens with zero attached hydrogens (tertiary/aromatic N) is 4. The summed E-state index contributed by atoms with van der Waals surface area (Å²) in [6, 6.07) is 49.6. The lowest BCUT2D eigenvalue weighted by atomic mass is 9.74. The second-order valence-corrected chi connectivity index (χ2v) is 18.0. The molecule has 4 aliphatic carbocycles. The molecule has 0 bridgehead atoms. The minimum absolute atomic E-state index is 0.0160. The summed E-state index contributed by atoms with van der Waals surface area (Å²) in [4.78, 5) is 18.2. The molecule has 0 saturated heterocycles. The highest BCUT2D eigenvalue weighted by Crippen LogP contribution is 2.51. The Kier molecular flexibility index (Phi) is 10.1. The minimum atomic E-state index is 0.0160. The van der Waals surface area contributed by atoms with Crippen LogP contribution in [0.1, 0.15) is 50.3 Å². The zero-order valence-electron chi connectivity index (χ0n) is 36.6. The minimum Gasteiger partial charge on any atom is -0.315 e. The van der Waals surface area contributed by atoms with Gasteiger partial charge < -0.3 is 4.90 Å².